The van der Waals surface area contributed by atoms with Crippen LogP contribution < -0.4 is 10.5 Å². The highest BCUT2D eigenvalue weighted by Crippen LogP contribution is 2.17. The summed E-state index contributed by atoms with van der Waals surface area (Å²) in [4.78, 5) is 0. The van der Waals surface area contributed by atoms with Crippen LogP contribution >= 0.6 is 0 Å². The highest BCUT2D eigenvalue weighted by molar-refractivity contribution is 5.24. The molecule has 3 nitrogen and oxygen atoms in total. The van der Waals surface area contributed by atoms with E-state index in [0.29, 0.717) is 6.42 Å². The third-order valence-corrected chi connectivity index (χ3v) is 2.25. The van der Waals surface area contributed by atoms with Crippen LogP contribution in [0, 0.1) is 11.6 Å². The van der Waals surface area contributed by atoms with Crippen LogP contribution in [-0.2, 0) is 0 Å². The third kappa shape index (κ3) is 3.43. The van der Waals surface area contributed by atoms with Gasteiger partial charge >= 0.3 is 0 Å². The molecule has 1 aromatic rings. The van der Waals surface area contributed by atoms with E-state index in [9.17, 15) is 8.78 Å². The fourth-order valence-corrected chi connectivity index (χ4v) is 1.29. The molecule has 0 saturated heterocycles. The van der Waals surface area contributed by atoms with E-state index in [1.807, 2.05) is 6.92 Å². The van der Waals surface area contributed by atoms with Crippen molar-refractivity contribution < 1.29 is 18.6 Å². The SMILES string of the molecule is CCC(N)C(CO)Oc1cc(F)cc(F)c1. The summed E-state index contributed by atoms with van der Waals surface area (Å²) in [5.41, 5.74) is 5.68. The molecule has 0 aliphatic carbocycles. The van der Waals surface area contributed by atoms with Crippen molar-refractivity contribution in [2.75, 3.05) is 6.61 Å². The van der Waals surface area contributed by atoms with Crippen molar-refractivity contribution in [2.45, 2.75) is 25.5 Å². The van der Waals surface area contributed by atoms with E-state index >= 15 is 0 Å². The zero-order valence-corrected chi connectivity index (χ0v) is 8.99. The molecule has 3 N–H and O–H groups in total. The summed E-state index contributed by atoms with van der Waals surface area (Å²) in [5, 5.41) is 9.03. The molecular weight excluding hydrogens is 216 g/mol. The third-order valence-electron chi connectivity index (χ3n) is 2.25. The molecule has 0 radical (unpaired) electrons. The number of halogens is 2. The van der Waals surface area contributed by atoms with Crippen LogP contribution in [0.2, 0.25) is 0 Å². The summed E-state index contributed by atoms with van der Waals surface area (Å²) in [5.74, 6) is -1.42. The van der Waals surface area contributed by atoms with E-state index < -0.39 is 17.7 Å². The topological polar surface area (TPSA) is 55.5 Å². The smallest absolute Gasteiger partial charge is 0.137 e. The van der Waals surface area contributed by atoms with E-state index in [1.165, 1.54) is 0 Å². The number of nitrogens with two attached hydrogens (primary N) is 1. The minimum absolute atomic E-state index is 0.0282. The average molecular weight is 231 g/mol. The molecule has 0 bridgehead atoms. The summed E-state index contributed by atoms with van der Waals surface area (Å²) in [6, 6.07) is 2.47. The molecule has 0 fully saturated rings. The molecule has 0 saturated carbocycles. The van der Waals surface area contributed by atoms with Gasteiger partial charge in [-0.25, -0.2) is 8.78 Å². The molecule has 0 heterocycles. The van der Waals surface area contributed by atoms with E-state index in [2.05, 4.69) is 0 Å². The summed E-state index contributed by atoms with van der Waals surface area (Å²) >= 11 is 0. The Morgan fingerprint density at radius 1 is 1.31 bits per heavy atom. The Bertz CT molecular complexity index is 327. The van der Waals surface area contributed by atoms with Gasteiger partial charge in [0, 0.05) is 24.2 Å². The van der Waals surface area contributed by atoms with E-state index in [4.69, 9.17) is 15.6 Å². The van der Waals surface area contributed by atoms with Gasteiger partial charge in [0.25, 0.3) is 0 Å². The Balaban J connectivity index is 2.77. The Labute approximate surface area is 92.8 Å². The monoisotopic (exact) mass is 231 g/mol. The molecule has 90 valence electrons. The second-order valence-electron chi connectivity index (χ2n) is 3.52. The van der Waals surface area contributed by atoms with Gasteiger partial charge in [-0.3, -0.25) is 0 Å². The number of hydrogen-bond donors (Lipinski definition) is 2. The van der Waals surface area contributed by atoms with Crippen molar-refractivity contribution >= 4 is 0 Å². The molecule has 16 heavy (non-hydrogen) atoms. The van der Waals surface area contributed by atoms with Crippen LogP contribution in [0.3, 0.4) is 0 Å². The largest absolute Gasteiger partial charge is 0.486 e. The second-order valence-corrected chi connectivity index (χ2v) is 3.52. The highest BCUT2D eigenvalue weighted by Gasteiger charge is 2.17. The van der Waals surface area contributed by atoms with Gasteiger partial charge in [-0.15, -0.1) is 0 Å². The molecule has 0 spiro atoms. The van der Waals surface area contributed by atoms with E-state index in [0.717, 1.165) is 18.2 Å². The average Bonchev–Trinajstić information content (AvgIpc) is 2.23. The maximum absolute atomic E-state index is 12.9. The molecule has 0 aliphatic rings. The van der Waals surface area contributed by atoms with Crippen molar-refractivity contribution in [3.8, 4) is 5.75 Å². The standard InChI is InChI=1S/C11H15F2NO2/c1-2-10(14)11(6-15)16-9-4-7(12)3-8(13)5-9/h3-5,10-11,15H,2,6,14H2,1H3. The maximum atomic E-state index is 12.9. The second kappa shape index (κ2) is 5.77. The first-order chi connectivity index (χ1) is 7.56. The quantitative estimate of drug-likeness (QED) is 0.806. The van der Waals surface area contributed by atoms with Gasteiger partial charge in [-0.05, 0) is 6.42 Å². The molecule has 0 aliphatic heterocycles. The van der Waals surface area contributed by atoms with Crippen molar-refractivity contribution in [3.05, 3.63) is 29.8 Å². The normalized spacial score (nSPS) is 14.6. The number of benzene rings is 1. The zero-order chi connectivity index (χ0) is 12.1. The number of hydrogen-bond acceptors (Lipinski definition) is 3. The van der Waals surface area contributed by atoms with Crippen molar-refractivity contribution in [2.24, 2.45) is 5.73 Å². The van der Waals surface area contributed by atoms with Gasteiger partial charge in [0.2, 0.25) is 0 Å². The lowest BCUT2D eigenvalue weighted by Crippen LogP contribution is -2.41. The van der Waals surface area contributed by atoms with Crippen molar-refractivity contribution in [1.29, 1.82) is 0 Å². The minimum Gasteiger partial charge on any atom is -0.486 e. The van der Waals surface area contributed by atoms with Crippen LogP contribution in [0.4, 0.5) is 8.78 Å². The molecule has 2 atom stereocenters. The van der Waals surface area contributed by atoms with E-state index in [-0.39, 0.29) is 18.4 Å². The molecular formula is C11H15F2NO2. The maximum Gasteiger partial charge on any atom is 0.137 e. The number of aliphatic hydroxyl groups excluding tert-OH is 1. The first kappa shape index (κ1) is 12.9. The van der Waals surface area contributed by atoms with E-state index in [1.54, 1.807) is 0 Å². The van der Waals surface area contributed by atoms with Crippen LogP contribution in [0.25, 0.3) is 0 Å². The first-order valence-corrected chi connectivity index (χ1v) is 5.06. The predicted molar refractivity (Wildman–Crippen MR) is 56.1 cm³/mol. The minimum atomic E-state index is -0.725. The number of ether oxygens (including phenoxy) is 1. The van der Waals surface area contributed by atoms with Crippen LogP contribution in [-0.4, -0.2) is 23.9 Å². The lowest BCUT2D eigenvalue weighted by atomic mass is 10.1. The Morgan fingerprint density at radius 3 is 2.31 bits per heavy atom. The first-order valence-electron chi connectivity index (χ1n) is 5.06. The van der Waals surface area contributed by atoms with Gasteiger partial charge < -0.3 is 15.6 Å². The molecule has 2 unspecified atom stereocenters. The van der Waals surface area contributed by atoms with Crippen molar-refractivity contribution in [1.82, 2.24) is 0 Å². The van der Waals surface area contributed by atoms with Gasteiger partial charge in [0.15, 0.2) is 0 Å². The molecule has 0 amide bonds. The summed E-state index contributed by atoms with van der Waals surface area (Å²) < 4.78 is 30.9. The molecule has 1 aromatic carbocycles. The lowest BCUT2D eigenvalue weighted by Gasteiger charge is -2.22. The highest BCUT2D eigenvalue weighted by atomic mass is 19.1. The summed E-state index contributed by atoms with van der Waals surface area (Å²) in [6.45, 7) is 1.54. The zero-order valence-electron chi connectivity index (χ0n) is 8.99. The fraction of sp³-hybridized carbons (Fsp3) is 0.455. The number of rotatable bonds is 5. The number of aliphatic hydroxyl groups is 1. The Hall–Kier alpha value is -1.20. The lowest BCUT2D eigenvalue weighted by molar-refractivity contribution is 0.0926. The van der Waals surface area contributed by atoms with Crippen LogP contribution in [0.5, 0.6) is 5.75 Å². The molecule has 5 heteroatoms. The van der Waals surface area contributed by atoms with Gasteiger partial charge in [-0.2, -0.15) is 0 Å². The van der Waals surface area contributed by atoms with Gasteiger partial charge in [0.05, 0.1) is 6.61 Å². The summed E-state index contributed by atoms with van der Waals surface area (Å²) in [6.07, 6.45) is -0.0607. The van der Waals surface area contributed by atoms with Crippen molar-refractivity contribution in [3.63, 3.8) is 0 Å². The molecule has 0 aromatic heterocycles. The Kier molecular flexibility index (Phi) is 4.64. The van der Waals surface area contributed by atoms with Gasteiger partial charge in [-0.1, -0.05) is 6.92 Å². The van der Waals surface area contributed by atoms with Crippen LogP contribution in [0.1, 0.15) is 13.3 Å². The summed E-state index contributed by atoms with van der Waals surface area (Å²) in [7, 11) is 0. The molecule has 1 rings (SSSR count). The predicted octanol–water partition coefficient (Wildman–Crippen LogP) is 1.44. The fourth-order valence-electron chi connectivity index (χ4n) is 1.29. The van der Waals surface area contributed by atoms with Crippen LogP contribution in [0.15, 0.2) is 18.2 Å². The Morgan fingerprint density at radius 2 is 1.88 bits per heavy atom. The van der Waals surface area contributed by atoms with Gasteiger partial charge in [0.1, 0.15) is 23.5 Å².